The Morgan fingerprint density at radius 2 is 2.07 bits per heavy atom. The number of hydrogen-bond donors (Lipinski definition) is 3. The van der Waals surface area contributed by atoms with E-state index in [9.17, 15) is 4.79 Å². The highest BCUT2D eigenvalue weighted by Crippen LogP contribution is 2.37. The van der Waals surface area contributed by atoms with Gasteiger partial charge in [0.15, 0.2) is 0 Å². The molecule has 3 N–H and O–H groups in total. The van der Waals surface area contributed by atoms with E-state index in [2.05, 4.69) is 47.4 Å². The number of aryl methyl sites for hydroxylation is 1. The number of hydrogen-bond acceptors (Lipinski definition) is 4. The number of amides is 1. The van der Waals surface area contributed by atoms with Crippen molar-refractivity contribution in [3.8, 4) is 0 Å². The van der Waals surface area contributed by atoms with Gasteiger partial charge in [-0.05, 0) is 48.3 Å². The summed E-state index contributed by atoms with van der Waals surface area (Å²) >= 11 is 0. The lowest BCUT2D eigenvalue weighted by atomic mass is 9.71. The van der Waals surface area contributed by atoms with Crippen molar-refractivity contribution in [1.29, 1.82) is 0 Å². The van der Waals surface area contributed by atoms with Gasteiger partial charge in [0, 0.05) is 45.0 Å². The van der Waals surface area contributed by atoms with Gasteiger partial charge in [0.2, 0.25) is 0 Å². The fraction of sp³-hybridized carbons (Fsp3) is 0.636. The van der Waals surface area contributed by atoms with Crippen LogP contribution in [-0.2, 0) is 12.8 Å². The Balaban J connectivity index is 1.42. The summed E-state index contributed by atoms with van der Waals surface area (Å²) in [6.07, 6.45) is 3.30. The van der Waals surface area contributed by atoms with Crippen molar-refractivity contribution in [2.45, 2.75) is 40.0 Å². The number of nitrogens with zero attached hydrogens (tertiary/aromatic N) is 2. The van der Waals surface area contributed by atoms with Crippen molar-refractivity contribution in [3.05, 3.63) is 29.1 Å². The minimum Gasteiger partial charge on any atom is -0.349 e. The van der Waals surface area contributed by atoms with Gasteiger partial charge in [0.1, 0.15) is 5.69 Å². The molecule has 6 heteroatoms. The van der Waals surface area contributed by atoms with Crippen molar-refractivity contribution < 1.29 is 4.79 Å². The number of H-pyrrole nitrogens is 1. The lowest BCUT2D eigenvalue weighted by molar-refractivity contribution is 0.0943. The molecule has 3 heterocycles. The number of piperazine rings is 1. The highest BCUT2D eigenvalue weighted by Gasteiger charge is 2.29. The summed E-state index contributed by atoms with van der Waals surface area (Å²) in [6.45, 7) is 12.7. The van der Waals surface area contributed by atoms with Crippen LogP contribution in [0.2, 0.25) is 0 Å². The quantitative estimate of drug-likeness (QED) is 0.758. The Bertz CT molecular complexity index is 844. The highest BCUT2D eigenvalue weighted by molar-refractivity contribution is 5.97. The Labute approximate surface area is 167 Å². The van der Waals surface area contributed by atoms with E-state index in [0.717, 1.165) is 56.6 Å². The van der Waals surface area contributed by atoms with Crippen LogP contribution in [0.1, 0.15) is 48.9 Å². The van der Waals surface area contributed by atoms with Crippen LogP contribution in [0.3, 0.4) is 0 Å². The SMILES string of the molecule is CC(C)(C)C1CCc2nc3cc(C(=O)NCCN4CCNCC4)[nH]c3cc2C1. The molecular formula is C22H33N5O. The average Bonchev–Trinajstić information content (AvgIpc) is 3.08. The molecule has 1 amide bonds. The number of carbonyl (C=O) groups excluding carboxylic acids is 1. The van der Waals surface area contributed by atoms with Crippen molar-refractivity contribution in [3.63, 3.8) is 0 Å². The molecular weight excluding hydrogens is 350 g/mol. The molecule has 2 aliphatic rings. The van der Waals surface area contributed by atoms with Crippen LogP contribution in [0, 0.1) is 11.3 Å². The van der Waals surface area contributed by atoms with Gasteiger partial charge in [-0.3, -0.25) is 14.7 Å². The highest BCUT2D eigenvalue weighted by atomic mass is 16.1. The molecule has 2 aromatic rings. The molecule has 28 heavy (non-hydrogen) atoms. The van der Waals surface area contributed by atoms with E-state index < -0.39 is 0 Å². The van der Waals surface area contributed by atoms with Gasteiger partial charge in [-0.25, -0.2) is 0 Å². The largest absolute Gasteiger partial charge is 0.349 e. The fourth-order valence-corrected chi connectivity index (χ4v) is 4.43. The Hall–Kier alpha value is -1.92. The van der Waals surface area contributed by atoms with Crippen LogP contribution >= 0.6 is 0 Å². The third-order valence-corrected chi connectivity index (χ3v) is 6.36. The maximum Gasteiger partial charge on any atom is 0.267 e. The van der Waals surface area contributed by atoms with Gasteiger partial charge in [0.05, 0.1) is 11.0 Å². The molecule has 2 aromatic heterocycles. The van der Waals surface area contributed by atoms with Crippen molar-refractivity contribution in [2.24, 2.45) is 11.3 Å². The Morgan fingerprint density at radius 1 is 1.29 bits per heavy atom. The Kier molecular flexibility index (Phi) is 5.43. The second-order valence-electron chi connectivity index (χ2n) is 9.36. The third-order valence-electron chi connectivity index (χ3n) is 6.36. The van der Waals surface area contributed by atoms with E-state index in [1.165, 1.54) is 17.7 Å². The maximum atomic E-state index is 12.6. The summed E-state index contributed by atoms with van der Waals surface area (Å²) in [7, 11) is 0. The average molecular weight is 384 g/mol. The number of nitrogens with one attached hydrogen (secondary N) is 3. The first-order valence-corrected chi connectivity index (χ1v) is 10.6. The number of aromatic nitrogens is 2. The number of aromatic amines is 1. The summed E-state index contributed by atoms with van der Waals surface area (Å²) in [4.78, 5) is 23.1. The lowest BCUT2D eigenvalue weighted by Gasteiger charge is -2.34. The number of fused-ring (bicyclic) bond motifs is 2. The number of carbonyl (C=O) groups is 1. The van der Waals surface area contributed by atoms with Crippen molar-refractivity contribution in [2.75, 3.05) is 39.3 Å². The molecule has 6 nitrogen and oxygen atoms in total. The van der Waals surface area contributed by atoms with E-state index in [1.807, 2.05) is 6.07 Å². The molecule has 0 radical (unpaired) electrons. The van der Waals surface area contributed by atoms with Gasteiger partial charge in [0.25, 0.3) is 5.91 Å². The monoisotopic (exact) mass is 383 g/mol. The zero-order valence-corrected chi connectivity index (χ0v) is 17.4. The molecule has 0 bridgehead atoms. The van der Waals surface area contributed by atoms with E-state index in [-0.39, 0.29) is 5.91 Å². The second kappa shape index (κ2) is 7.84. The predicted octanol–water partition coefficient (Wildman–Crippen LogP) is 2.35. The summed E-state index contributed by atoms with van der Waals surface area (Å²) in [5.74, 6) is 0.639. The van der Waals surface area contributed by atoms with Crippen LogP contribution in [0.5, 0.6) is 0 Å². The van der Waals surface area contributed by atoms with Gasteiger partial charge in [-0.2, -0.15) is 0 Å². The first kappa shape index (κ1) is 19.4. The van der Waals surface area contributed by atoms with Crippen molar-refractivity contribution in [1.82, 2.24) is 25.5 Å². The summed E-state index contributed by atoms with van der Waals surface area (Å²) < 4.78 is 0. The molecule has 1 unspecified atom stereocenters. The van der Waals surface area contributed by atoms with E-state index in [1.54, 1.807) is 0 Å². The third kappa shape index (κ3) is 4.23. The van der Waals surface area contributed by atoms with Crippen LogP contribution in [0.15, 0.2) is 12.1 Å². The first-order valence-electron chi connectivity index (χ1n) is 10.6. The molecule has 152 valence electrons. The Morgan fingerprint density at radius 3 is 2.82 bits per heavy atom. The zero-order valence-electron chi connectivity index (χ0n) is 17.4. The molecule has 0 saturated carbocycles. The first-order chi connectivity index (χ1) is 13.4. The summed E-state index contributed by atoms with van der Waals surface area (Å²) in [6, 6.07) is 4.11. The van der Waals surface area contributed by atoms with Crippen LogP contribution in [0.25, 0.3) is 11.0 Å². The van der Waals surface area contributed by atoms with Crippen LogP contribution in [-0.4, -0.2) is 60.0 Å². The van der Waals surface area contributed by atoms with E-state index in [0.29, 0.717) is 23.6 Å². The van der Waals surface area contributed by atoms with Crippen LogP contribution in [0.4, 0.5) is 0 Å². The molecule has 0 aromatic carbocycles. The number of pyridine rings is 1. The number of rotatable bonds is 4. The van der Waals surface area contributed by atoms with Gasteiger partial charge < -0.3 is 15.6 Å². The standard InChI is InChI=1S/C22H33N5O/c1-22(2,3)16-4-5-17-15(12-16)13-18-19(25-17)14-20(26-18)21(28)24-8-11-27-9-6-23-7-10-27/h13-14,16,23,26H,4-12H2,1-3H3,(H,24,28). The molecule has 1 saturated heterocycles. The normalized spacial score (nSPS) is 20.9. The maximum absolute atomic E-state index is 12.6. The fourth-order valence-electron chi connectivity index (χ4n) is 4.43. The molecule has 4 rings (SSSR count). The van der Waals surface area contributed by atoms with Crippen molar-refractivity contribution >= 4 is 16.9 Å². The van der Waals surface area contributed by atoms with E-state index in [4.69, 9.17) is 4.98 Å². The van der Waals surface area contributed by atoms with Crippen LogP contribution < -0.4 is 10.6 Å². The topological polar surface area (TPSA) is 73.1 Å². The molecule has 0 spiro atoms. The van der Waals surface area contributed by atoms with Gasteiger partial charge >= 0.3 is 0 Å². The molecule has 1 fully saturated rings. The minimum absolute atomic E-state index is 0.0429. The zero-order chi connectivity index (χ0) is 19.7. The lowest BCUT2D eigenvalue weighted by Crippen LogP contribution is -2.46. The molecule has 1 atom stereocenters. The smallest absolute Gasteiger partial charge is 0.267 e. The minimum atomic E-state index is -0.0429. The summed E-state index contributed by atoms with van der Waals surface area (Å²) in [5, 5.41) is 6.39. The predicted molar refractivity (Wildman–Crippen MR) is 113 cm³/mol. The molecule has 1 aliphatic heterocycles. The summed E-state index contributed by atoms with van der Waals surface area (Å²) in [5.41, 5.74) is 5.35. The van der Waals surface area contributed by atoms with Gasteiger partial charge in [-0.15, -0.1) is 0 Å². The van der Waals surface area contributed by atoms with Gasteiger partial charge in [-0.1, -0.05) is 20.8 Å². The molecule has 1 aliphatic carbocycles. The second-order valence-corrected chi connectivity index (χ2v) is 9.36. The van der Waals surface area contributed by atoms with E-state index >= 15 is 0 Å².